The van der Waals surface area contributed by atoms with Crippen LogP contribution in [0.15, 0.2) is 97.1 Å². The van der Waals surface area contributed by atoms with E-state index in [1.165, 1.54) is 0 Å². The molecule has 0 spiro atoms. The number of benzene rings is 4. The summed E-state index contributed by atoms with van der Waals surface area (Å²) in [4.78, 5) is 27.4. The number of ether oxygens (including phenoxy) is 2. The number of carbonyl (C=O) groups is 2. The molecule has 34 heavy (non-hydrogen) atoms. The summed E-state index contributed by atoms with van der Waals surface area (Å²) >= 11 is 0. The number of fused-ring (bicyclic) bond motifs is 2. The first-order valence-electron chi connectivity index (χ1n) is 10.9. The molecule has 0 saturated heterocycles. The molecule has 5 rings (SSSR count). The van der Waals surface area contributed by atoms with Crippen molar-refractivity contribution in [3.05, 3.63) is 130 Å². The summed E-state index contributed by atoms with van der Waals surface area (Å²) in [5.74, 6) is 1.20. The zero-order valence-corrected chi connectivity index (χ0v) is 18.9. The Morgan fingerprint density at radius 2 is 0.971 bits per heavy atom. The van der Waals surface area contributed by atoms with Crippen LogP contribution in [0.25, 0.3) is 11.1 Å². The van der Waals surface area contributed by atoms with Crippen LogP contribution in [0.5, 0.6) is 11.5 Å². The minimum absolute atomic E-state index is 0.0408. The quantitative estimate of drug-likeness (QED) is 0.242. The summed E-state index contributed by atoms with van der Waals surface area (Å²) in [6, 6.07) is 29.4. The molecule has 4 aromatic rings. The van der Waals surface area contributed by atoms with Crippen molar-refractivity contribution in [2.75, 3.05) is 14.2 Å². The topological polar surface area (TPSA) is 52.6 Å². The Labute approximate surface area is 198 Å². The first kappa shape index (κ1) is 21.4. The lowest BCUT2D eigenvalue weighted by Gasteiger charge is -2.25. The summed E-state index contributed by atoms with van der Waals surface area (Å²) in [6.07, 6.45) is 0. The SMILES string of the molecule is COc1ccc(C(=O)C(=C2c3ccccc3C(=O)c3ccccc32)c2ccc(OC)cc2)cc1. The fraction of sp³-hybridized carbons (Fsp3) is 0.0667. The van der Waals surface area contributed by atoms with Gasteiger partial charge >= 0.3 is 0 Å². The Balaban J connectivity index is 1.84. The zero-order valence-electron chi connectivity index (χ0n) is 18.9. The number of ketones is 2. The van der Waals surface area contributed by atoms with Gasteiger partial charge in [0.1, 0.15) is 11.5 Å². The molecule has 0 bridgehead atoms. The molecule has 0 unspecified atom stereocenters. The first-order valence-corrected chi connectivity index (χ1v) is 10.9. The summed E-state index contributed by atoms with van der Waals surface area (Å²) in [5, 5.41) is 0. The minimum Gasteiger partial charge on any atom is -0.497 e. The smallest absolute Gasteiger partial charge is 0.194 e. The lowest BCUT2D eigenvalue weighted by atomic mass is 9.77. The Morgan fingerprint density at radius 3 is 1.41 bits per heavy atom. The monoisotopic (exact) mass is 446 g/mol. The van der Waals surface area contributed by atoms with Crippen LogP contribution in [0.3, 0.4) is 0 Å². The second-order valence-electron chi connectivity index (χ2n) is 7.96. The average molecular weight is 447 g/mol. The molecule has 1 aliphatic rings. The van der Waals surface area contributed by atoms with Crippen molar-refractivity contribution in [2.45, 2.75) is 0 Å². The van der Waals surface area contributed by atoms with Gasteiger partial charge in [-0.3, -0.25) is 9.59 Å². The molecular formula is C30H22O4. The standard InChI is InChI=1S/C30H22O4/c1-33-21-15-11-19(12-16-21)27(29(31)20-13-17-22(34-2)18-14-20)28-23-7-3-5-9-25(23)30(32)26-10-6-4-8-24(26)28/h3-18H,1-2H3. The van der Waals surface area contributed by atoms with Gasteiger partial charge in [-0.1, -0.05) is 60.7 Å². The Kier molecular flexibility index (Phi) is 5.56. The van der Waals surface area contributed by atoms with Crippen LogP contribution < -0.4 is 9.47 Å². The van der Waals surface area contributed by atoms with Crippen LogP contribution in [0.2, 0.25) is 0 Å². The second kappa shape index (κ2) is 8.83. The predicted octanol–water partition coefficient (Wildman–Crippen LogP) is 6.09. The number of allylic oxidation sites excluding steroid dienone is 1. The lowest BCUT2D eigenvalue weighted by molar-refractivity contribution is 0.103. The van der Waals surface area contributed by atoms with Gasteiger partial charge in [-0.2, -0.15) is 0 Å². The molecule has 1 aliphatic carbocycles. The maximum atomic E-state index is 14.1. The number of rotatable bonds is 5. The Bertz CT molecular complexity index is 1380. The molecular weight excluding hydrogens is 424 g/mol. The number of hydrogen-bond acceptors (Lipinski definition) is 4. The molecule has 0 atom stereocenters. The van der Waals surface area contributed by atoms with Gasteiger partial charge in [0.15, 0.2) is 11.6 Å². The van der Waals surface area contributed by atoms with Crippen molar-refractivity contribution < 1.29 is 19.1 Å². The highest BCUT2D eigenvalue weighted by Gasteiger charge is 2.31. The maximum Gasteiger partial charge on any atom is 0.194 e. The highest BCUT2D eigenvalue weighted by atomic mass is 16.5. The fourth-order valence-corrected chi connectivity index (χ4v) is 4.39. The van der Waals surface area contributed by atoms with Crippen LogP contribution in [-0.4, -0.2) is 25.8 Å². The number of carbonyl (C=O) groups excluding carboxylic acids is 2. The van der Waals surface area contributed by atoms with Crippen LogP contribution in [0.1, 0.15) is 43.0 Å². The van der Waals surface area contributed by atoms with E-state index in [1.807, 2.05) is 72.8 Å². The van der Waals surface area contributed by atoms with E-state index in [0.29, 0.717) is 33.8 Å². The highest BCUT2D eigenvalue weighted by Crippen LogP contribution is 2.42. The molecule has 0 amide bonds. The third-order valence-corrected chi connectivity index (χ3v) is 6.09. The molecule has 0 aliphatic heterocycles. The predicted molar refractivity (Wildman–Crippen MR) is 133 cm³/mol. The molecule has 4 aromatic carbocycles. The number of methoxy groups -OCH3 is 2. The van der Waals surface area contributed by atoms with Crippen LogP contribution >= 0.6 is 0 Å². The maximum absolute atomic E-state index is 14.1. The van der Waals surface area contributed by atoms with Gasteiger partial charge in [-0.25, -0.2) is 0 Å². The van der Waals surface area contributed by atoms with Crippen molar-refractivity contribution in [2.24, 2.45) is 0 Å². The van der Waals surface area contributed by atoms with Crippen LogP contribution in [0, 0.1) is 0 Å². The van der Waals surface area contributed by atoms with Gasteiger partial charge in [0.2, 0.25) is 0 Å². The van der Waals surface area contributed by atoms with Crippen molar-refractivity contribution in [3.63, 3.8) is 0 Å². The lowest BCUT2D eigenvalue weighted by Crippen LogP contribution is -2.17. The van der Waals surface area contributed by atoms with E-state index < -0.39 is 0 Å². The molecule has 4 heteroatoms. The van der Waals surface area contributed by atoms with Crippen molar-refractivity contribution in [1.82, 2.24) is 0 Å². The normalized spacial score (nSPS) is 11.9. The van der Waals surface area contributed by atoms with E-state index >= 15 is 0 Å². The van der Waals surface area contributed by atoms with Crippen LogP contribution in [0.4, 0.5) is 0 Å². The molecule has 0 aromatic heterocycles. The van der Waals surface area contributed by atoms with Gasteiger partial charge in [-0.15, -0.1) is 0 Å². The van der Waals surface area contributed by atoms with E-state index in [9.17, 15) is 9.59 Å². The van der Waals surface area contributed by atoms with Gasteiger partial charge in [-0.05, 0) is 53.1 Å². The summed E-state index contributed by atoms with van der Waals surface area (Å²) in [5.41, 5.74) is 5.23. The van der Waals surface area contributed by atoms with Gasteiger partial charge in [0.25, 0.3) is 0 Å². The minimum atomic E-state index is -0.137. The van der Waals surface area contributed by atoms with E-state index in [4.69, 9.17) is 9.47 Å². The Hall–Kier alpha value is -4.44. The molecule has 4 nitrogen and oxygen atoms in total. The molecule has 0 saturated carbocycles. The average Bonchev–Trinajstić information content (AvgIpc) is 2.91. The van der Waals surface area contributed by atoms with Gasteiger partial charge < -0.3 is 9.47 Å². The first-order chi connectivity index (χ1) is 16.6. The van der Waals surface area contributed by atoms with Crippen molar-refractivity contribution in [3.8, 4) is 11.5 Å². The molecule has 166 valence electrons. The summed E-state index contributed by atoms with van der Waals surface area (Å²) < 4.78 is 10.6. The number of hydrogen-bond donors (Lipinski definition) is 0. The third kappa shape index (κ3) is 3.59. The number of Topliss-reactive ketones (excluding diaryl/α,β-unsaturated/α-hetero) is 1. The fourth-order valence-electron chi connectivity index (χ4n) is 4.39. The molecule has 0 radical (unpaired) electrons. The second-order valence-corrected chi connectivity index (χ2v) is 7.96. The third-order valence-electron chi connectivity index (χ3n) is 6.09. The van der Waals surface area contributed by atoms with Gasteiger partial charge in [0, 0.05) is 27.8 Å². The van der Waals surface area contributed by atoms with E-state index in [0.717, 1.165) is 22.3 Å². The van der Waals surface area contributed by atoms with Crippen LogP contribution in [-0.2, 0) is 0 Å². The highest BCUT2D eigenvalue weighted by molar-refractivity contribution is 6.38. The summed E-state index contributed by atoms with van der Waals surface area (Å²) in [7, 11) is 3.20. The van der Waals surface area contributed by atoms with Crippen molar-refractivity contribution in [1.29, 1.82) is 0 Å². The van der Waals surface area contributed by atoms with E-state index in [2.05, 4.69) is 0 Å². The molecule has 0 fully saturated rings. The molecule has 0 N–H and O–H groups in total. The van der Waals surface area contributed by atoms with Crippen molar-refractivity contribution >= 4 is 22.7 Å². The van der Waals surface area contributed by atoms with E-state index in [-0.39, 0.29) is 11.6 Å². The molecule has 0 heterocycles. The largest absolute Gasteiger partial charge is 0.497 e. The zero-order chi connectivity index (χ0) is 23.7. The van der Waals surface area contributed by atoms with E-state index in [1.54, 1.807) is 38.5 Å². The Morgan fingerprint density at radius 1 is 0.559 bits per heavy atom. The summed E-state index contributed by atoms with van der Waals surface area (Å²) in [6.45, 7) is 0. The van der Waals surface area contributed by atoms with Gasteiger partial charge in [0.05, 0.1) is 14.2 Å².